The Bertz CT molecular complexity index is 1170. The Morgan fingerprint density at radius 2 is 2.04 bits per heavy atom. The number of nitrogens with zero attached hydrogens (tertiary/aromatic N) is 3. The molecule has 0 bridgehead atoms. The Balaban J connectivity index is 1.53. The fourth-order valence-corrected chi connectivity index (χ4v) is 3.02. The molecule has 4 rings (SSSR count). The minimum Gasteiger partial charge on any atom is -0.481 e. The van der Waals surface area contributed by atoms with E-state index in [4.69, 9.17) is 4.74 Å². The predicted molar refractivity (Wildman–Crippen MR) is 109 cm³/mol. The highest BCUT2D eigenvalue weighted by molar-refractivity contribution is 5.79. The van der Waals surface area contributed by atoms with Crippen molar-refractivity contribution in [3.05, 3.63) is 88.8 Å². The van der Waals surface area contributed by atoms with Crippen molar-refractivity contribution >= 4 is 10.9 Å². The molecule has 5 nitrogen and oxygen atoms in total. The van der Waals surface area contributed by atoms with Gasteiger partial charge in [0.25, 0.3) is 5.56 Å². The lowest BCUT2D eigenvalue weighted by Gasteiger charge is -2.10. The number of aromatic nitrogens is 3. The van der Waals surface area contributed by atoms with E-state index in [-0.39, 0.29) is 12.2 Å². The van der Waals surface area contributed by atoms with Crippen LogP contribution in [0.3, 0.4) is 0 Å². The smallest absolute Gasteiger partial charge is 0.261 e. The number of hydrogen-bond donors (Lipinski definition) is 0. The third-order valence-corrected chi connectivity index (χ3v) is 4.44. The Morgan fingerprint density at radius 3 is 2.86 bits per heavy atom. The van der Waals surface area contributed by atoms with Gasteiger partial charge in [-0.15, -0.1) is 0 Å². The summed E-state index contributed by atoms with van der Waals surface area (Å²) < 4.78 is 7.18. The van der Waals surface area contributed by atoms with E-state index in [2.05, 4.69) is 40.0 Å². The molecule has 0 saturated heterocycles. The molecule has 1 aliphatic carbocycles. The number of allylic oxidation sites excluding steroid dienone is 4. The van der Waals surface area contributed by atoms with Crippen molar-refractivity contribution in [1.29, 1.82) is 0 Å². The summed E-state index contributed by atoms with van der Waals surface area (Å²) in [5, 5.41) is 0.574. The Kier molecular flexibility index (Phi) is 5.30. The normalized spacial score (nSPS) is 12.9. The zero-order valence-corrected chi connectivity index (χ0v) is 15.3. The molecule has 0 saturated carbocycles. The average molecular weight is 369 g/mol. The second kappa shape index (κ2) is 8.36. The van der Waals surface area contributed by atoms with Gasteiger partial charge < -0.3 is 4.74 Å². The van der Waals surface area contributed by atoms with Gasteiger partial charge in [0.05, 0.1) is 23.8 Å². The first-order chi connectivity index (χ1) is 13.8. The van der Waals surface area contributed by atoms with Crippen molar-refractivity contribution in [2.75, 3.05) is 6.61 Å². The largest absolute Gasteiger partial charge is 0.481 e. The summed E-state index contributed by atoms with van der Waals surface area (Å²) in [7, 11) is 0. The standard InChI is InChI=1S/C23H19N3O2/c27-23-21-15-18(7-4-14-28-20-10-12-24-13-11-20)8-9-22(21)25-17-26(23)16-19-5-2-1-3-6-19/h2,5-6,8-13,15,17H,1,3,14,16H2. The highest BCUT2D eigenvalue weighted by Gasteiger charge is 2.06. The summed E-state index contributed by atoms with van der Waals surface area (Å²) in [6, 6.07) is 9.05. The van der Waals surface area contributed by atoms with Gasteiger partial charge >= 0.3 is 0 Å². The molecule has 0 radical (unpaired) electrons. The zero-order valence-electron chi connectivity index (χ0n) is 15.3. The van der Waals surface area contributed by atoms with Crippen LogP contribution in [0, 0.1) is 11.8 Å². The van der Waals surface area contributed by atoms with Crippen LogP contribution >= 0.6 is 0 Å². The molecule has 2 aromatic heterocycles. The SMILES string of the molecule is O=c1c2cc(C#CCOc3ccncc3)ccc2ncn1CC1=CCCC=C1. The van der Waals surface area contributed by atoms with Crippen LogP contribution in [0.2, 0.25) is 0 Å². The van der Waals surface area contributed by atoms with E-state index < -0.39 is 0 Å². The van der Waals surface area contributed by atoms with Gasteiger partial charge in [0.15, 0.2) is 0 Å². The quantitative estimate of drug-likeness (QED) is 0.661. The molecule has 0 spiro atoms. The lowest BCUT2D eigenvalue weighted by molar-refractivity contribution is 0.370. The summed E-state index contributed by atoms with van der Waals surface area (Å²) in [6.45, 7) is 0.799. The van der Waals surface area contributed by atoms with Crippen molar-refractivity contribution in [2.24, 2.45) is 0 Å². The van der Waals surface area contributed by atoms with Crippen LogP contribution < -0.4 is 10.3 Å². The monoisotopic (exact) mass is 369 g/mol. The Hall–Kier alpha value is -3.65. The molecule has 0 aliphatic heterocycles. The van der Waals surface area contributed by atoms with Gasteiger partial charge in [0.2, 0.25) is 0 Å². The Morgan fingerprint density at radius 1 is 1.14 bits per heavy atom. The van der Waals surface area contributed by atoms with Crippen molar-refractivity contribution in [3.63, 3.8) is 0 Å². The molecular formula is C23H19N3O2. The summed E-state index contributed by atoms with van der Waals surface area (Å²) in [4.78, 5) is 21.2. The predicted octanol–water partition coefficient (Wildman–Crippen LogP) is 3.50. The van der Waals surface area contributed by atoms with Crippen LogP contribution in [-0.2, 0) is 6.54 Å². The van der Waals surface area contributed by atoms with E-state index in [0.717, 1.165) is 29.7 Å². The number of ether oxygens (including phenoxy) is 1. The van der Waals surface area contributed by atoms with Gasteiger partial charge in [-0.3, -0.25) is 14.3 Å². The van der Waals surface area contributed by atoms with Crippen molar-refractivity contribution in [3.8, 4) is 17.6 Å². The lowest BCUT2D eigenvalue weighted by Crippen LogP contribution is -2.21. The maximum atomic E-state index is 12.9. The minimum atomic E-state index is -0.0541. The Labute approximate surface area is 163 Å². The molecule has 1 aromatic carbocycles. The molecule has 0 atom stereocenters. The third kappa shape index (κ3) is 4.18. The zero-order chi connectivity index (χ0) is 19.2. The fourth-order valence-electron chi connectivity index (χ4n) is 3.02. The summed E-state index contributed by atoms with van der Waals surface area (Å²) >= 11 is 0. The summed E-state index contributed by atoms with van der Waals surface area (Å²) in [6.07, 6.45) is 13.4. The van der Waals surface area contributed by atoms with E-state index in [1.165, 1.54) is 0 Å². The first kappa shape index (κ1) is 17.7. The summed E-state index contributed by atoms with van der Waals surface area (Å²) in [5.41, 5.74) is 2.52. The molecule has 138 valence electrons. The molecule has 3 aromatic rings. The fraction of sp³-hybridized carbons (Fsp3) is 0.174. The number of hydrogen-bond acceptors (Lipinski definition) is 4. The highest BCUT2D eigenvalue weighted by Crippen LogP contribution is 2.13. The molecule has 2 heterocycles. The van der Waals surface area contributed by atoms with Crippen LogP contribution in [-0.4, -0.2) is 21.1 Å². The first-order valence-corrected chi connectivity index (χ1v) is 9.16. The molecule has 0 N–H and O–H groups in total. The topological polar surface area (TPSA) is 57.0 Å². The molecule has 5 heteroatoms. The number of rotatable bonds is 4. The van der Waals surface area contributed by atoms with Crippen molar-refractivity contribution in [1.82, 2.24) is 14.5 Å². The van der Waals surface area contributed by atoms with Gasteiger partial charge in [-0.2, -0.15) is 0 Å². The molecule has 0 amide bonds. The maximum Gasteiger partial charge on any atom is 0.261 e. The number of benzene rings is 1. The second-order valence-corrected chi connectivity index (χ2v) is 6.44. The van der Waals surface area contributed by atoms with Gasteiger partial charge in [-0.25, -0.2) is 4.98 Å². The minimum absolute atomic E-state index is 0.0541. The van der Waals surface area contributed by atoms with Crippen LogP contribution in [0.1, 0.15) is 18.4 Å². The highest BCUT2D eigenvalue weighted by atomic mass is 16.5. The molecule has 0 fully saturated rings. The van der Waals surface area contributed by atoms with Crippen LogP contribution in [0.4, 0.5) is 0 Å². The number of pyridine rings is 1. The van der Waals surface area contributed by atoms with E-state index >= 15 is 0 Å². The molecule has 1 aliphatic rings. The molecule has 0 unspecified atom stereocenters. The van der Waals surface area contributed by atoms with Gasteiger partial charge in [0, 0.05) is 18.0 Å². The first-order valence-electron chi connectivity index (χ1n) is 9.16. The molecular weight excluding hydrogens is 350 g/mol. The lowest BCUT2D eigenvalue weighted by atomic mass is 10.1. The van der Waals surface area contributed by atoms with Gasteiger partial charge in [0.1, 0.15) is 12.4 Å². The van der Waals surface area contributed by atoms with E-state index in [0.29, 0.717) is 17.4 Å². The van der Waals surface area contributed by atoms with Gasteiger partial charge in [-0.05, 0) is 48.7 Å². The maximum absolute atomic E-state index is 12.9. The second-order valence-electron chi connectivity index (χ2n) is 6.44. The van der Waals surface area contributed by atoms with E-state index in [1.807, 2.05) is 12.1 Å². The summed E-state index contributed by atoms with van der Waals surface area (Å²) in [5.74, 6) is 6.74. The third-order valence-electron chi connectivity index (χ3n) is 4.44. The van der Waals surface area contributed by atoms with Crippen molar-refractivity contribution in [2.45, 2.75) is 19.4 Å². The van der Waals surface area contributed by atoms with E-state index in [9.17, 15) is 4.79 Å². The number of fused-ring (bicyclic) bond motifs is 1. The van der Waals surface area contributed by atoms with Crippen LogP contribution in [0.25, 0.3) is 10.9 Å². The molecule has 28 heavy (non-hydrogen) atoms. The average Bonchev–Trinajstić information content (AvgIpc) is 2.75. The van der Waals surface area contributed by atoms with Crippen LogP contribution in [0.15, 0.2) is 77.6 Å². The van der Waals surface area contributed by atoms with Gasteiger partial charge in [-0.1, -0.05) is 30.1 Å². The van der Waals surface area contributed by atoms with E-state index in [1.54, 1.807) is 41.5 Å². The van der Waals surface area contributed by atoms with Crippen LogP contribution in [0.5, 0.6) is 5.75 Å². The van der Waals surface area contributed by atoms with Crippen molar-refractivity contribution < 1.29 is 4.74 Å².